The third-order valence-corrected chi connectivity index (χ3v) is 3.66. The zero-order valence-corrected chi connectivity index (χ0v) is 11.8. The molecule has 1 aliphatic heterocycles. The van der Waals surface area contributed by atoms with Gasteiger partial charge in [0.05, 0.1) is 17.5 Å². The van der Waals surface area contributed by atoms with Gasteiger partial charge in [0, 0.05) is 13.1 Å². The minimum Gasteiger partial charge on any atom is -0.349 e. The zero-order chi connectivity index (χ0) is 15.5. The van der Waals surface area contributed by atoms with Crippen LogP contribution in [-0.4, -0.2) is 19.0 Å². The number of rotatable bonds is 5. The largest absolute Gasteiger partial charge is 0.416 e. The third-order valence-electron chi connectivity index (χ3n) is 3.66. The molecule has 1 heterocycles. The van der Waals surface area contributed by atoms with Crippen molar-refractivity contribution in [1.29, 1.82) is 0 Å². The van der Waals surface area contributed by atoms with E-state index in [4.69, 9.17) is 0 Å². The zero-order valence-electron chi connectivity index (χ0n) is 11.8. The van der Waals surface area contributed by atoms with Gasteiger partial charge in [0.1, 0.15) is 0 Å². The summed E-state index contributed by atoms with van der Waals surface area (Å²) < 4.78 is 38.3. The molecule has 0 spiro atoms. The molecule has 1 aliphatic rings. The number of hydrogen-bond acceptors (Lipinski definition) is 2. The first-order valence-electron chi connectivity index (χ1n) is 7.10. The second-order valence-corrected chi connectivity index (χ2v) is 5.33. The SMILES string of the molecule is CCCC(NC(=O)C1CNC1)c1cccc(C(F)(F)F)c1. The minimum atomic E-state index is -4.37. The molecule has 116 valence electrons. The minimum absolute atomic E-state index is 0.0739. The van der Waals surface area contributed by atoms with Crippen molar-refractivity contribution >= 4 is 5.91 Å². The quantitative estimate of drug-likeness (QED) is 0.878. The Balaban J connectivity index is 2.15. The Morgan fingerprint density at radius 2 is 2.14 bits per heavy atom. The first-order chi connectivity index (χ1) is 9.91. The molecule has 0 bridgehead atoms. The Kier molecular flexibility index (Phi) is 4.88. The van der Waals surface area contributed by atoms with Crippen LogP contribution in [0.2, 0.25) is 0 Å². The average molecular weight is 300 g/mol. The Morgan fingerprint density at radius 3 is 2.67 bits per heavy atom. The molecular formula is C15H19F3N2O. The molecule has 0 saturated carbocycles. The van der Waals surface area contributed by atoms with E-state index >= 15 is 0 Å². The smallest absolute Gasteiger partial charge is 0.349 e. The number of carbonyl (C=O) groups excluding carboxylic acids is 1. The molecule has 1 unspecified atom stereocenters. The predicted octanol–water partition coefficient (Wildman–Crippen LogP) is 2.88. The molecule has 0 aliphatic carbocycles. The molecule has 3 nitrogen and oxygen atoms in total. The summed E-state index contributed by atoms with van der Waals surface area (Å²) in [5.74, 6) is -0.167. The van der Waals surface area contributed by atoms with E-state index < -0.39 is 11.7 Å². The van der Waals surface area contributed by atoms with Gasteiger partial charge in [-0.3, -0.25) is 4.79 Å². The average Bonchev–Trinajstić information content (AvgIpc) is 2.35. The summed E-state index contributed by atoms with van der Waals surface area (Å²) in [7, 11) is 0. The van der Waals surface area contributed by atoms with E-state index in [0.717, 1.165) is 18.6 Å². The summed E-state index contributed by atoms with van der Waals surface area (Å²) in [6.45, 7) is 3.21. The van der Waals surface area contributed by atoms with Gasteiger partial charge in [-0.15, -0.1) is 0 Å². The van der Waals surface area contributed by atoms with Crippen molar-refractivity contribution in [2.24, 2.45) is 5.92 Å². The lowest BCUT2D eigenvalue weighted by Gasteiger charge is -2.29. The van der Waals surface area contributed by atoms with Crippen molar-refractivity contribution in [2.45, 2.75) is 32.0 Å². The highest BCUT2D eigenvalue weighted by Crippen LogP contribution is 2.31. The molecule has 1 amide bonds. The summed E-state index contributed by atoms with van der Waals surface area (Å²) in [6, 6.07) is 4.82. The van der Waals surface area contributed by atoms with Gasteiger partial charge in [0.15, 0.2) is 0 Å². The van der Waals surface area contributed by atoms with Crippen molar-refractivity contribution in [1.82, 2.24) is 10.6 Å². The molecule has 1 aromatic rings. The summed E-state index contributed by atoms with van der Waals surface area (Å²) in [4.78, 5) is 12.0. The summed E-state index contributed by atoms with van der Waals surface area (Å²) in [5.41, 5.74) is -0.173. The number of hydrogen-bond donors (Lipinski definition) is 2. The fourth-order valence-corrected chi connectivity index (χ4v) is 2.31. The molecule has 1 aromatic carbocycles. The van der Waals surface area contributed by atoms with Gasteiger partial charge in [0.2, 0.25) is 5.91 Å². The van der Waals surface area contributed by atoms with E-state index in [2.05, 4.69) is 10.6 Å². The van der Waals surface area contributed by atoms with Crippen LogP contribution < -0.4 is 10.6 Å². The first kappa shape index (κ1) is 15.8. The van der Waals surface area contributed by atoms with E-state index in [1.54, 1.807) is 6.07 Å². The van der Waals surface area contributed by atoms with E-state index in [1.165, 1.54) is 6.07 Å². The summed E-state index contributed by atoms with van der Waals surface area (Å²) >= 11 is 0. The summed E-state index contributed by atoms with van der Waals surface area (Å²) in [5, 5.41) is 5.88. The lowest BCUT2D eigenvalue weighted by atomic mass is 9.97. The number of alkyl halides is 3. The van der Waals surface area contributed by atoms with Gasteiger partial charge in [-0.2, -0.15) is 13.2 Å². The van der Waals surface area contributed by atoms with Crippen molar-refractivity contribution in [3.63, 3.8) is 0 Å². The van der Waals surface area contributed by atoms with E-state index in [1.807, 2.05) is 6.92 Å². The third kappa shape index (κ3) is 3.97. The monoisotopic (exact) mass is 300 g/mol. The maximum absolute atomic E-state index is 12.8. The molecule has 2 rings (SSSR count). The molecular weight excluding hydrogens is 281 g/mol. The number of nitrogens with one attached hydrogen (secondary N) is 2. The lowest BCUT2D eigenvalue weighted by Crippen LogP contribution is -2.51. The van der Waals surface area contributed by atoms with Crippen LogP contribution in [0.1, 0.15) is 36.9 Å². The highest BCUT2D eigenvalue weighted by molar-refractivity contribution is 5.80. The van der Waals surface area contributed by atoms with Crippen LogP contribution in [0.5, 0.6) is 0 Å². The van der Waals surface area contributed by atoms with Gasteiger partial charge in [0.25, 0.3) is 0 Å². The van der Waals surface area contributed by atoms with Gasteiger partial charge in [-0.05, 0) is 24.1 Å². The van der Waals surface area contributed by atoms with Crippen LogP contribution in [0.3, 0.4) is 0 Å². The second kappa shape index (κ2) is 6.47. The first-order valence-corrected chi connectivity index (χ1v) is 7.10. The number of halogens is 3. The molecule has 0 aromatic heterocycles. The van der Waals surface area contributed by atoms with Crippen molar-refractivity contribution in [2.75, 3.05) is 13.1 Å². The topological polar surface area (TPSA) is 41.1 Å². The number of benzene rings is 1. The Labute approximate surface area is 121 Å². The molecule has 6 heteroatoms. The van der Waals surface area contributed by atoms with Crippen molar-refractivity contribution < 1.29 is 18.0 Å². The standard InChI is InChI=1S/C15H19F3N2O/c1-2-4-13(20-14(21)11-8-19-9-11)10-5-3-6-12(7-10)15(16,17)18/h3,5-7,11,13,19H,2,4,8-9H2,1H3,(H,20,21). The van der Waals surface area contributed by atoms with Crippen molar-refractivity contribution in [3.05, 3.63) is 35.4 Å². The van der Waals surface area contributed by atoms with Crippen LogP contribution in [0, 0.1) is 5.92 Å². The highest BCUT2D eigenvalue weighted by Gasteiger charge is 2.31. The van der Waals surface area contributed by atoms with Crippen LogP contribution in [0.4, 0.5) is 13.2 Å². The maximum atomic E-state index is 12.8. The van der Waals surface area contributed by atoms with Crippen LogP contribution in [0.25, 0.3) is 0 Å². The Hall–Kier alpha value is -1.56. The maximum Gasteiger partial charge on any atom is 0.416 e. The fourth-order valence-electron chi connectivity index (χ4n) is 2.31. The number of carbonyl (C=O) groups is 1. The molecule has 1 fully saturated rings. The van der Waals surface area contributed by atoms with E-state index in [9.17, 15) is 18.0 Å². The normalized spacial score (nSPS) is 17.1. The Bertz CT molecular complexity index is 498. The fraction of sp³-hybridized carbons (Fsp3) is 0.533. The van der Waals surface area contributed by atoms with Gasteiger partial charge in [-0.25, -0.2) is 0 Å². The van der Waals surface area contributed by atoms with Gasteiger partial charge >= 0.3 is 6.18 Å². The highest BCUT2D eigenvalue weighted by atomic mass is 19.4. The predicted molar refractivity (Wildman–Crippen MR) is 73.6 cm³/mol. The molecule has 1 saturated heterocycles. The van der Waals surface area contributed by atoms with Gasteiger partial charge < -0.3 is 10.6 Å². The molecule has 0 radical (unpaired) electrons. The molecule has 21 heavy (non-hydrogen) atoms. The van der Waals surface area contributed by atoms with Gasteiger partial charge in [-0.1, -0.05) is 25.5 Å². The Morgan fingerprint density at radius 1 is 1.43 bits per heavy atom. The van der Waals surface area contributed by atoms with E-state index in [0.29, 0.717) is 25.1 Å². The van der Waals surface area contributed by atoms with Crippen LogP contribution >= 0.6 is 0 Å². The molecule has 2 N–H and O–H groups in total. The lowest BCUT2D eigenvalue weighted by molar-refractivity contribution is -0.137. The second-order valence-electron chi connectivity index (χ2n) is 5.33. The summed E-state index contributed by atoms with van der Waals surface area (Å²) in [6.07, 6.45) is -2.97. The van der Waals surface area contributed by atoms with E-state index in [-0.39, 0.29) is 17.9 Å². The van der Waals surface area contributed by atoms with Crippen molar-refractivity contribution in [3.8, 4) is 0 Å². The molecule has 1 atom stereocenters. The number of amides is 1. The van der Waals surface area contributed by atoms with Crippen LogP contribution in [0.15, 0.2) is 24.3 Å². The van der Waals surface area contributed by atoms with Crippen LogP contribution in [-0.2, 0) is 11.0 Å².